The Morgan fingerprint density at radius 1 is 1.06 bits per heavy atom. The molecule has 3 aromatic rings. The van der Waals surface area contributed by atoms with Gasteiger partial charge in [-0.05, 0) is 36.1 Å². The zero-order valence-electron chi connectivity index (χ0n) is 18.3. The highest BCUT2D eigenvalue weighted by Gasteiger charge is 2.30. The molecule has 0 radical (unpaired) electrons. The number of cyclic esters (lactones) is 1. The standard InChI is InChI=1S/C20H23N3O3.C6H6/c1-14(23-12-10-18(26-20(23)25)8-9-19(21)24)15-4-6-16(7-5-15)17-3-2-11-22-13-17;1-2-4-6-5-3-1/h2-7,11,13-14,18H,8-10,12H2,1H3,(H2,21,24);1-6H. The molecule has 32 heavy (non-hydrogen) atoms. The number of carbonyl (C=O) groups excluding carboxylic acids is 2. The van der Waals surface area contributed by atoms with E-state index in [2.05, 4.69) is 4.98 Å². The third-order valence-electron chi connectivity index (χ3n) is 5.43. The van der Waals surface area contributed by atoms with Gasteiger partial charge >= 0.3 is 6.09 Å². The lowest BCUT2D eigenvalue weighted by atomic mass is 10.0. The Labute approximate surface area is 189 Å². The van der Waals surface area contributed by atoms with Crippen molar-refractivity contribution >= 4 is 12.0 Å². The Kier molecular flexibility index (Phi) is 8.37. The molecule has 2 N–H and O–H groups in total. The lowest BCUT2D eigenvalue weighted by molar-refractivity contribution is -0.118. The molecule has 166 valence electrons. The van der Waals surface area contributed by atoms with Gasteiger partial charge in [0.2, 0.25) is 5.91 Å². The number of amides is 2. The third-order valence-corrected chi connectivity index (χ3v) is 5.43. The minimum absolute atomic E-state index is 0.0810. The van der Waals surface area contributed by atoms with Crippen molar-refractivity contribution in [3.05, 3.63) is 90.8 Å². The molecule has 0 saturated carbocycles. The maximum absolute atomic E-state index is 12.3. The van der Waals surface area contributed by atoms with Crippen molar-refractivity contribution in [2.75, 3.05) is 6.54 Å². The third kappa shape index (κ3) is 6.67. The van der Waals surface area contributed by atoms with Gasteiger partial charge in [0.15, 0.2) is 0 Å². The van der Waals surface area contributed by atoms with E-state index in [0.29, 0.717) is 19.4 Å². The van der Waals surface area contributed by atoms with E-state index in [1.807, 2.05) is 85.9 Å². The lowest BCUT2D eigenvalue weighted by Gasteiger charge is -2.35. The van der Waals surface area contributed by atoms with Crippen molar-refractivity contribution < 1.29 is 14.3 Å². The van der Waals surface area contributed by atoms with Crippen molar-refractivity contribution in [1.82, 2.24) is 9.88 Å². The van der Waals surface area contributed by atoms with Gasteiger partial charge in [0, 0.05) is 31.8 Å². The van der Waals surface area contributed by atoms with Crippen LogP contribution in [0, 0.1) is 0 Å². The van der Waals surface area contributed by atoms with Crippen LogP contribution in [0.5, 0.6) is 0 Å². The summed E-state index contributed by atoms with van der Waals surface area (Å²) in [5, 5.41) is 0. The van der Waals surface area contributed by atoms with Gasteiger partial charge in [0.25, 0.3) is 0 Å². The minimum Gasteiger partial charge on any atom is -0.446 e. The number of ether oxygens (including phenoxy) is 1. The van der Waals surface area contributed by atoms with Crippen LogP contribution in [0.4, 0.5) is 4.79 Å². The Hall–Kier alpha value is -3.67. The van der Waals surface area contributed by atoms with Crippen molar-refractivity contribution in [3.8, 4) is 11.1 Å². The molecule has 4 rings (SSSR count). The van der Waals surface area contributed by atoms with Gasteiger partial charge in [0.1, 0.15) is 6.10 Å². The van der Waals surface area contributed by atoms with E-state index in [1.54, 1.807) is 11.1 Å². The summed E-state index contributed by atoms with van der Waals surface area (Å²) in [4.78, 5) is 29.1. The maximum Gasteiger partial charge on any atom is 0.410 e. The van der Waals surface area contributed by atoms with E-state index in [0.717, 1.165) is 16.7 Å². The minimum atomic E-state index is -0.370. The van der Waals surface area contributed by atoms with E-state index in [1.165, 1.54) is 0 Å². The summed E-state index contributed by atoms with van der Waals surface area (Å²) >= 11 is 0. The largest absolute Gasteiger partial charge is 0.446 e. The SMILES string of the molecule is CC(c1ccc(-c2cccnc2)cc1)N1CCC(CCC(N)=O)OC1=O.c1ccccc1. The molecular formula is C26H29N3O3. The number of primary amides is 1. The first kappa shape index (κ1) is 23.0. The molecule has 0 bridgehead atoms. The number of carbonyl (C=O) groups is 2. The lowest BCUT2D eigenvalue weighted by Crippen LogP contribution is -2.43. The van der Waals surface area contributed by atoms with Crippen LogP contribution in [-0.2, 0) is 9.53 Å². The van der Waals surface area contributed by atoms with E-state index < -0.39 is 0 Å². The van der Waals surface area contributed by atoms with Gasteiger partial charge in [0.05, 0.1) is 6.04 Å². The Morgan fingerprint density at radius 2 is 1.72 bits per heavy atom. The monoisotopic (exact) mass is 431 g/mol. The van der Waals surface area contributed by atoms with Crippen LogP contribution in [0.15, 0.2) is 85.2 Å². The molecular weight excluding hydrogens is 402 g/mol. The number of hydrogen-bond donors (Lipinski definition) is 1. The fourth-order valence-electron chi connectivity index (χ4n) is 3.55. The quantitative estimate of drug-likeness (QED) is 0.597. The number of pyridine rings is 1. The topological polar surface area (TPSA) is 85.5 Å². The van der Waals surface area contributed by atoms with Gasteiger partial charge in [-0.15, -0.1) is 0 Å². The zero-order chi connectivity index (χ0) is 22.8. The summed E-state index contributed by atoms with van der Waals surface area (Å²) in [7, 11) is 0. The molecule has 2 heterocycles. The van der Waals surface area contributed by atoms with E-state index in [4.69, 9.17) is 10.5 Å². The fraction of sp³-hybridized carbons (Fsp3) is 0.269. The first-order chi connectivity index (χ1) is 15.5. The van der Waals surface area contributed by atoms with Crippen molar-refractivity contribution in [2.24, 2.45) is 5.73 Å². The van der Waals surface area contributed by atoms with E-state index in [9.17, 15) is 9.59 Å². The number of benzene rings is 2. The first-order valence-corrected chi connectivity index (χ1v) is 10.8. The summed E-state index contributed by atoms with van der Waals surface area (Å²) in [6.45, 7) is 2.60. The Morgan fingerprint density at radius 3 is 2.25 bits per heavy atom. The van der Waals surface area contributed by atoms with Crippen molar-refractivity contribution in [3.63, 3.8) is 0 Å². The second kappa shape index (κ2) is 11.6. The summed E-state index contributed by atoms with van der Waals surface area (Å²) in [5.41, 5.74) is 8.34. The predicted octanol–water partition coefficient (Wildman–Crippen LogP) is 4.97. The van der Waals surface area contributed by atoms with Crippen molar-refractivity contribution in [2.45, 2.75) is 38.3 Å². The van der Waals surface area contributed by atoms with E-state index >= 15 is 0 Å². The predicted molar refractivity (Wildman–Crippen MR) is 125 cm³/mol. The van der Waals surface area contributed by atoms with Crippen LogP contribution in [0.25, 0.3) is 11.1 Å². The normalized spacial score (nSPS) is 16.3. The maximum atomic E-state index is 12.3. The number of nitrogens with zero attached hydrogens (tertiary/aromatic N) is 2. The second-order valence-corrected chi connectivity index (χ2v) is 7.69. The average molecular weight is 432 g/mol. The number of rotatable bonds is 6. The Balaban J connectivity index is 0.000000416. The number of nitrogens with two attached hydrogens (primary N) is 1. The molecule has 1 fully saturated rings. The number of aromatic nitrogens is 1. The first-order valence-electron chi connectivity index (χ1n) is 10.8. The zero-order valence-corrected chi connectivity index (χ0v) is 18.3. The highest BCUT2D eigenvalue weighted by Crippen LogP contribution is 2.28. The summed E-state index contributed by atoms with van der Waals surface area (Å²) in [6, 6.07) is 24.0. The van der Waals surface area contributed by atoms with Gasteiger partial charge in [-0.1, -0.05) is 66.7 Å². The second-order valence-electron chi connectivity index (χ2n) is 7.69. The van der Waals surface area contributed by atoms with Crippen LogP contribution >= 0.6 is 0 Å². The van der Waals surface area contributed by atoms with Crippen LogP contribution in [0.3, 0.4) is 0 Å². The average Bonchev–Trinajstić information content (AvgIpc) is 2.84. The molecule has 1 aromatic heterocycles. The summed E-state index contributed by atoms with van der Waals surface area (Å²) in [6.07, 6.45) is 4.44. The molecule has 0 aliphatic carbocycles. The van der Waals surface area contributed by atoms with E-state index in [-0.39, 0.29) is 30.6 Å². The molecule has 0 spiro atoms. The molecule has 2 aromatic carbocycles. The van der Waals surface area contributed by atoms with Crippen molar-refractivity contribution in [1.29, 1.82) is 0 Å². The molecule has 2 atom stereocenters. The molecule has 1 aliphatic heterocycles. The van der Waals surface area contributed by atoms with Gasteiger partial charge in [-0.2, -0.15) is 0 Å². The molecule has 2 amide bonds. The Bertz CT molecular complexity index is 952. The van der Waals surface area contributed by atoms with Crippen LogP contribution in [0.2, 0.25) is 0 Å². The summed E-state index contributed by atoms with van der Waals surface area (Å²) in [5.74, 6) is -0.370. The fourth-order valence-corrected chi connectivity index (χ4v) is 3.55. The summed E-state index contributed by atoms with van der Waals surface area (Å²) < 4.78 is 5.46. The van der Waals surface area contributed by atoms with Crippen LogP contribution < -0.4 is 5.73 Å². The van der Waals surface area contributed by atoms with Gasteiger partial charge in [-0.3, -0.25) is 9.78 Å². The molecule has 6 nitrogen and oxygen atoms in total. The van der Waals surface area contributed by atoms with Crippen LogP contribution in [0.1, 0.15) is 37.8 Å². The van der Waals surface area contributed by atoms with Gasteiger partial charge < -0.3 is 15.4 Å². The highest BCUT2D eigenvalue weighted by atomic mass is 16.6. The molecule has 6 heteroatoms. The molecule has 2 unspecified atom stereocenters. The number of hydrogen-bond acceptors (Lipinski definition) is 4. The van der Waals surface area contributed by atoms with Gasteiger partial charge in [-0.25, -0.2) is 4.79 Å². The van der Waals surface area contributed by atoms with Crippen LogP contribution in [-0.4, -0.2) is 34.5 Å². The molecule has 1 aliphatic rings. The highest BCUT2D eigenvalue weighted by molar-refractivity contribution is 5.74. The smallest absolute Gasteiger partial charge is 0.410 e. The molecule has 1 saturated heterocycles.